The topological polar surface area (TPSA) is 24.9 Å². The van der Waals surface area contributed by atoms with Gasteiger partial charge in [0.1, 0.15) is 0 Å². The number of hydrogen-bond acceptors (Lipinski definition) is 3. The summed E-state index contributed by atoms with van der Waals surface area (Å²) in [5.41, 5.74) is 1.17. The van der Waals surface area contributed by atoms with Gasteiger partial charge in [-0.3, -0.25) is 4.98 Å². The molecule has 0 amide bonds. The molecule has 0 aliphatic carbocycles. The molecule has 1 atom stereocenters. The molecule has 84 valence electrons. The lowest BCUT2D eigenvalue weighted by atomic mass is 10.1. The van der Waals surface area contributed by atoms with Crippen LogP contribution in [-0.2, 0) is 6.42 Å². The van der Waals surface area contributed by atoms with Crippen LogP contribution in [0.3, 0.4) is 0 Å². The Balaban J connectivity index is 1.94. The van der Waals surface area contributed by atoms with Crippen molar-refractivity contribution in [1.82, 2.24) is 10.3 Å². The molecule has 0 aromatic carbocycles. The molecular formula is C13H16N2S. The number of pyridine rings is 1. The molecule has 2 aromatic heterocycles. The Labute approximate surface area is 100 Å². The normalized spacial score (nSPS) is 12.6. The molecule has 2 aromatic rings. The molecule has 0 fully saturated rings. The van der Waals surface area contributed by atoms with Gasteiger partial charge in [0.2, 0.25) is 0 Å². The van der Waals surface area contributed by atoms with Crippen LogP contribution in [-0.4, -0.2) is 12.0 Å². The van der Waals surface area contributed by atoms with Crippen LogP contribution in [0.15, 0.2) is 41.9 Å². The summed E-state index contributed by atoms with van der Waals surface area (Å²) < 4.78 is 0. The highest BCUT2D eigenvalue weighted by Crippen LogP contribution is 2.22. The van der Waals surface area contributed by atoms with Gasteiger partial charge in [-0.1, -0.05) is 12.1 Å². The number of aryl methyl sites for hydroxylation is 1. The van der Waals surface area contributed by atoms with Crippen molar-refractivity contribution in [2.24, 2.45) is 0 Å². The summed E-state index contributed by atoms with van der Waals surface area (Å²) in [6.07, 6.45) is 3.97. The second-order valence-corrected chi connectivity index (χ2v) is 4.70. The Morgan fingerprint density at radius 1 is 1.31 bits per heavy atom. The summed E-state index contributed by atoms with van der Waals surface area (Å²) in [5, 5.41) is 5.48. The lowest BCUT2D eigenvalue weighted by Crippen LogP contribution is -2.16. The maximum absolute atomic E-state index is 4.34. The van der Waals surface area contributed by atoms with Gasteiger partial charge in [0.25, 0.3) is 0 Å². The highest BCUT2D eigenvalue weighted by Gasteiger charge is 2.09. The molecule has 0 radical (unpaired) electrons. The molecule has 0 aliphatic heterocycles. The van der Waals surface area contributed by atoms with Crippen molar-refractivity contribution >= 4 is 11.3 Å². The average Bonchev–Trinajstić information content (AvgIpc) is 2.85. The van der Waals surface area contributed by atoms with E-state index in [-0.39, 0.29) is 0 Å². The number of hydrogen-bond donors (Lipinski definition) is 1. The van der Waals surface area contributed by atoms with Crippen molar-refractivity contribution in [2.75, 3.05) is 7.05 Å². The summed E-state index contributed by atoms with van der Waals surface area (Å²) in [6.45, 7) is 0. The van der Waals surface area contributed by atoms with E-state index in [2.05, 4.69) is 33.9 Å². The highest BCUT2D eigenvalue weighted by molar-refractivity contribution is 7.10. The first-order chi connectivity index (χ1) is 7.90. The maximum atomic E-state index is 4.34. The fraction of sp³-hybridized carbons (Fsp3) is 0.308. The third-order valence-corrected chi connectivity index (χ3v) is 3.64. The summed E-state index contributed by atoms with van der Waals surface area (Å²) in [4.78, 5) is 5.74. The Bertz CT molecular complexity index is 397. The van der Waals surface area contributed by atoms with Crippen LogP contribution in [0.4, 0.5) is 0 Å². The van der Waals surface area contributed by atoms with E-state index >= 15 is 0 Å². The minimum Gasteiger partial charge on any atom is -0.312 e. The molecule has 1 unspecified atom stereocenters. The molecule has 0 saturated carbocycles. The Hall–Kier alpha value is -1.19. The van der Waals surface area contributed by atoms with E-state index in [1.807, 2.05) is 36.7 Å². The van der Waals surface area contributed by atoms with E-state index in [1.54, 1.807) is 0 Å². The van der Waals surface area contributed by atoms with Gasteiger partial charge in [-0.05, 0) is 43.5 Å². The van der Waals surface area contributed by atoms with E-state index in [9.17, 15) is 0 Å². The zero-order valence-electron chi connectivity index (χ0n) is 9.39. The summed E-state index contributed by atoms with van der Waals surface area (Å²) in [5.74, 6) is 0. The Morgan fingerprint density at radius 3 is 2.88 bits per heavy atom. The van der Waals surface area contributed by atoms with Crippen molar-refractivity contribution in [2.45, 2.75) is 18.9 Å². The van der Waals surface area contributed by atoms with Crippen molar-refractivity contribution < 1.29 is 0 Å². The predicted molar refractivity (Wildman–Crippen MR) is 68.7 cm³/mol. The SMILES string of the molecule is CNC(CCc1ccccn1)c1cccs1. The number of rotatable bonds is 5. The molecular weight excluding hydrogens is 216 g/mol. The maximum Gasteiger partial charge on any atom is 0.0416 e. The van der Waals surface area contributed by atoms with E-state index in [0.717, 1.165) is 12.8 Å². The second-order valence-electron chi connectivity index (χ2n) is 3.72. The van der Waals surface area contributed by atoms with Gasteiger partial charge >= 0.3 is 0 Å². The highest BCUT2D eigenvalue weighted by atomic mass is 32.1. The van der Waals surface area contributed by atoms with Crippen LogP contribution in [0.25, 0.3) is 0 Å². The fourth-order valence-electron chi connectivity index (χ4n) is 1.76. The molecule has 2 rings (SSSR count). The van der Waals surface area contributed by atoms with Crippen molar-refractivity contribution in [1.29, 1.82) is 0 Å². The van der Waals surface area contributed by atoms with Crippen LogP contribution in [0.5, 0.6) is 0 Å². The van der Waals surface area contributed by atoms with Gasteiger partial charge in [-0.15, -0.1) is 11.3 Å². The van der Waals surface area contributed by atoms with Gasteiger partial charge in [0, 0.05) is 22.8 Å². The van der Waals surface area contributed by atoms with E-state index < -0.39 is 0 Å². The largest absolute Gasteiger partial charge is 0.312 e. The zero-order chi connectivity index (χ0) is 11.2. The number of aromatic nitrogens is 1. The quantitative estimate of drug-likeness (QED) is 0.857. The summed E-state index contributed by atoms with van der Waals surface area (Å²) >= 11 is 1.81. The van der Waals surface area contributed by atoms with Gasteiger partial charge in [0.15, 0.2) is 0 Å². The van der Waals surface area contributed by atoms with Crippen LogP contribution in [0.2, 0.25) is 0 Å². The van der Waals surface area contributed by atoms with E-state index in [4.69, 9.17) is 0 Å². The first-order valence-electron chi connectivity index (χ1n) is 5.50. The average molecular weight is 232 g/mol. The van der Waals surface area contributed by atoms with Crippen molar-refractivity contribution in [3.8, 4) is 0 Å². The third kappa shape index (κ3) is 2.90. The summed E-state index contributed by atoms with van der Waals surface area (Å²) in [7, 11) is 2.02. The van der Waals surface area contributed by atoms with Crippen LogP contribution in [0.1, 0.15) is 23.0 Å². The molecule has 3 heteroatoms. The molecule has 0 aliphatic rings. The van der Waals surface area contributed by atoms with Crippen LogP contribution < -0.4 is 5.32 Å². The standard InChI is InChI=1S/C13H16N2S/c1-14-12(13-6-4-10-16-13)8-7-11-5-2-3-9-15-11/h2-6,9-10,12,14H,7-8H2,1H3. The molecule has 0 spiro atoms. The molecule has 2 nitrogen and oxygen atoms in total. The molecule has 0 saturated heterocycles. The smallest absolute Gasteiger partial charge is 0.0416 e. The first-order valence-corrected chi connectivity index (χ1v) is 6.38. The van der Waals surface area contributed by atoms with E-state index in [1.165, 1.54) is 10.6 Å². The molecule has 2 heterocycles. The first kappa shape index (κ1) is 11.3. The van der Waals surface area contributed by atoms with Crippen molar-refractivity contribution in [3.05, 3.63) is 52.5 Å². The molecule has 16 heavy (non-hydrogen) atoms. The second kappa shape index (κ2) is 5.77. The number of nitrogens with zero attached hydrogens (tertiary/aromatic N) is 1. The molecule has 1 N–H and O–H groups in total. The fourth-order valence-corrected chi connectivity index (χ4v) is 2.63. The third-order valence-electron chi connectivity index (χ3n) is 2.65. The number of nitrogens with one attached hydrogen (secondary N) is 1. The van der Waals surface area contributed by atoms with Gasteiger partial charge in [0.05, 0.1) is 0 Å². The van der Waals surface area contributed by atoms with Gasteiger partial charge in [-0.2, -0.15) is 0 Å². The Kier molecular flexibility index (Phi) is 4.08. The summed E-state index contributed by atoms with van der Waals surface area (Å²) in [6, 6.07) is 10.8. The van der Waals surface area contributed by atoms with Crippen LogP contribution >= 0.6 is 11.3 Å². The number of thiophene rings is 1. The van der Waals surface area contributed by atoms with Gasteiger partial charge in [-0.25, -0.2) is 0 Å². The van der Waals surface area contributed by atoms with Crippen molar-refractivity contribution in [3.63, 3.8) is 0 Å². The zero-order valence-corrected chi connectivity index (χ0v) is 10.2. The van der Waals surface area contributed by atoms with Crippen LogP contribution in [0, 0.1) is 0 Å². The van der Waals surface area contributed by atoms with E-state index in [0.29, 0.717) is 6.04 Å². The predicted octanol–water partition coefficient (Wildman–Crippen LogP) is 3.04. The monoisotopic (exact) mass is 232 g/mol. The Morgan fingerprint density at radius 2 is 2.25 bits per heavy atom. The lowest BCUT2D eigenvalue weighted by molar-refractivity contribution is 0.554. The molecule has 0 bridgehead atoms. The van der Waals surface area contributed by atoms with Gasteiger partial charge < -0.3 is 5.32 Å². The minimum absolute atomic E-state index is 0.446. The lowest BCUT2D eigenvalue weighted by Gasteiger charge is -2.13. The minimum atomic E-state index is 0.446.